The van der Waals surface area contributed by atoms with Crippen molar-refractivity contribution in [2.75, 3.05) is 13.1 Å². The number of allylic oxidation sites excluding steroid dienone is 1. The van der Waals surface area contributed by atoms with E-state index in [1.54, 1.807) is 0 Å². The van der Waals surface area contributed by atoms with Crippen molar-refractivity contribution in [3.63, 3.8) is 0 Å². The van der Waals surface area contributed by atoms with E-state index in [1.165, 1.54) is 17.4 Å². The summed E-state index contributed by atoms with van der Waals surface area (Å²) in [5, 5.41) is 9.63. The first kappa shape index (κ1) is 15.2. The third kappa shape index (κ3) is 3.35. The highest BCUT2D eigenvalue weighted by molar-refractivity contribution is 6.43. The second-order valence-corrected chi connectivity index (χ2v) is 6.55. The van der Waals surface area contributed by atoms with E-state index < -0.39 is 19.0 Å². The number of nitrogens with one attached hydrogen (secondary N) is 1. The largest absolute Gasteiger partial charge is 0.487 e. The summed E-state index contributed by atoms with van der Waals surface area (Å²) in [6, 6.07) is -1.88. The lowest BCUT2D eigenvalue weighted by molar-refractivity contribution is -0.143. The SMILES string of the molecule is [2H]C(N)(C(=O)N1CC(OC2=CC3OB(O)CCC3C=C2)C1)c1cnc[nH]1. The van der Waals surface area contributed by atoms with Crippen molar-refractivity contribution in [1.82, 2.24) is 14.9 Å². The van der Waals surface area contributed by atoms with Crippen LogP contribution in [-0.4, -0.2) is 58.2 Å². The Balaban J connectivity index is 1.31. The van der Waals surface area contributed by atoms with Crippen molar-refractivity contribution >= 4 is 13.0 Å². The maximum Gasteiger partial charge on any atom is 0.454 e. The minimum Gasteiger partial charge on any atom is -0.487 e. The molecule has 0 radical (unpaired) electrons. The number of nitrogens with two attached hydrogens (primary N) is 1. The number of aromatic amines is 1. The molecule has 1 aromatic heterocycles. The minimum atomic E-state index is -1.88. The summed E-state index contributed by atoms with van der Waals surface area (Å²) >= 11 is 0. The van der Waals surface area contributed by atoms with E-state index >= 15 is 0 Å². The van der Waals surface area contributed by atoms with Gasteiger partial charge in [-0.15, -0.1) is 0 Å². The Hall–Kier alpha value is -2.10. The Morgan fingerprint density at radius 1 is 1.64 bits per heavy atom. The molecule has 1 amide bonds. The first-order valence-electron chi connectivity index (χ1n) is 8.91. The summed E-state index contributed by atoms with van der Waals surface area (Å²) in [5.74, 6) is 0.449. The molecule has 2 saturated heterocycles. The molecule has 3 heterocycles. The molecule has 2 aliphatic heterocycles. The number of imidazole rings is 1. The minimum absolute atomic E-state index is 0.155. The molecule has 3 aliphatic rings. The van der Waals surface area contributed by atoms with Crippen molar-refractivity contribution in [3.05, 3.63) is 42.2 Å². The van der Waals surface area contributed by atoms with Crippen LogP contribution in [0.2, 0.25) is 6.32 Å². The lowest BCUT2D eigenvalue weighted by Gasteiger charge is -2.41. The first-order chi connectivity index (χ1) is 12.4. The lowest BCUT2D eigenvalue weighted by atomic mass is 9.73. The summed E-state index contributed by atoms with van der Waals surface area (Å²) in [6.45, 7) is 0.737. The van der Waals surface area contributed by atoms with Crippen molar-refractivity contribution in [1.29, 1.82) is 0 Å². The van der Waals surface area contributed by atoms with Gasteiger partial charge in [-0.1, -0.05) is 6.08 Å². The maximum absolute atomic E-state index is 12.4. The molecule has 1 aliphatic carbocycles. The van der Waals surface area contributed by atoms with E-state index in [2.05, 4.69) is 9.97 Å². The zero-order valence-corrected chi connectivity index (χ0v) is 13.7. The molecule has 0 spiro atoms. The van der Waals surface area contributed by atoms with Gasteiger partial charge in [0.25, 0.3) is 0 Å². The average Bonchev–Trinajstić information content (AvgIpc) is 3.12. The molecule has 25 heavy (non-hydrogen) atoms. The fourth-order valence-electron chi connectivity index (χ4n) is 3.29. The second-order valence-electron chi connectivity index (χ2n) is 6.55. The quantitative estimate of drug-likeness (QED) is 0.661. The first-order valence-corrected chi connectivity index (χ1v) is 8.41. The van der Waals surface area contributed by atoms with E-state index in [9.17, 15) is 9.82 Å². The molecule has 4 N–H and O–H groups in total. The van der Waals surface area contributed by atoms with Gasteiger partial charge in [-0.2, -0.15) is 0 Å². The fraction of sp³-hybridized carbons (Fsp3) is 0.500. The van der Waals surface area contributed by atoms with Gasteiger partial charge in [0.2, 0.25) is 5.91 Å². The Bertz CT molecular complexity index is 733. The molecule has 8 nitrogen and oxygen atoms in total. The molecule has 3 unspecified atom stereocenters. The highest BCUT2D eigenvalue weighted by Gasteiger charge is 2.37. The Morgan fingerprint density at radius 2 is 2.48 bits per heavy atom. The van der Waals surface area contributed by atoms with Crippen molar-refractivity contribution in [3.8, 4) is 0 Å². The third-order valence-corrected chi connectivity index (χ3v) is 4.78. The standard InChI is InChI=1S/C16H21BN4O4/c18-15(13-6-19-9-20-13)16(22)21-7-12(8-21)24-11-2-1-10-3-4-17(23)25-14(10)5-11/h1-2,5-6,9-10,12,14-15,23H,3-4,7-8,18H2,(H,19,20)/i15D. The lowest BCUT2D eigenvalue weighted by Crippen LogP contribution is -2.56. The predicted molar refractivity (Wildman–Crippen MR) is 90.0 cm³/mol. The van der Waals surface area contributed by atoms with Crippen LogP contribution in [-0.2, 0) is 14.2 Å². The van der Waals surface area contributed by atoms with E-state index in [4.69, 9.17) is 16.5 Å². The number of nitrogens with zero attached hydrogens (tertiary/aromatic N) is 2. The monoisotopic (exact) mass is 345 g/mol. The molecule has 4 rings (SSSR count). The van der Waals surface area contributed by atoms with Gasteiger partial charge in [-0.05, 0) is 24.9 Å². The van der Waals surface area contributed by atoms with Crippen LogP contribution in [0, 0.1) is 5.92 Å². The zero-order valence-electron chi connectivity index (χ0n) is 14.7. The third-order valence-electron chi connectivity index (χ3n) is 4.78. The van der Waals surface area contributed by atoms with Gasteiger partial charge in [0, 0.05) is 5.92 Å². The molecule has 0 aromatic carbocycles. The van der Waals surface area contributed by atoms with Crippen LogP contribution in [0.1, 0.15) is 19.5 Å². The van der Waals surface area contributed by atoms with Crippen LogP contribution in [0.15, 0.2) is 36.5 Å². The average molecular weight is 345 g/mol. The van der Waals surface area contributed by atoms with Crippen molar-refractivity contribution in [2.45, 2.75) is 31.0 Å². The number of aromatic nitrogens is 2. The molecule has 0 bridgehead atoms. The van der Waals surface area contributed by atoms with Crippen LogP contribution >= 0.6 is 0 Å². The molecule has 3 atom stereocenters. The normalized spacial score (nSPS) is 29.2. The van der Waals surface area contributed by atoms with E-state index in [-0.39, 0.29) is 23.8 Å². The van der Waals surface area contributed by atoms with Crippen LogP contribution in [0.4, 0.5) is 0 Å². The van der Waals surface area contributed by atoms with Gasteiger partial charge in [0.1, 0.15) is 17.9 Å². The van der Waals surface area contributed by atoms with Crippen LogP contribution in [0.5, 0.6) is 0 Å². The van der Waals surface area contributed by atoms with Gasteiger partial charge >= 0.3 is 7.12 Å². The van der Waals surface area contributed by atoms with Crippen LogP contribution in [0.3, 0.4) is 0 Å². The summed E-state index contributed by atoms with van der Waals surface area (Å²) in [7, 11) is -0.728. The topological polar surface area (TPSA) is 114 Å². The molecule has 9 heteroatoms. The molecule has 1 aromatic rings. The predicted octanol–water partition coefficient (Wildman–Crippen LogP) is -0.0238. The zero-order chi connectivity index (χ0) is 18.3. The van der Waals surface area contributed by atoms with Crippen molar-refractivity contribution in [2.24, 2.45) is 11.7 Å². The summed E-state index contributed by atoms with van der Waals surface area (Å²) in [4.78, 5) is 20.5. The molecular formula is C16H21BN4O4. The summed E-state index contributed by atoms with van der Waals surface area (Å²) < 4.78 is 19.5. The van der Waals surface area contributed by atoms with Gasteiger partial charge in [0.05, 0.1) is 38.8 Å². The smallest absolute Gasteiger partial charge is 0.454 e. The molecule has 2 fully saturated rings. The highest BCUT2D eigenvalue weighted by Crippen LogP contribution is 2.31. The molecular weight excluding hydrogens is 323 g/mol. The summed E-state index contributed by atoms with van der Waals surface area (Å²) in [5.41, 5.74) is 6.11. The maximum atomic E-state index is 12.4. The Morgan fingerprint density at radius 3 is 3.24 bits per heavy atom. The molecule has 0 saturated carbocycles. The number of amides is 1. The fourth-order valence-corrected chi connectivity index (χ4v) is 3.29. The number of rotatable bonds is 4. The van der Waals surface area contributed by atoms with Gasteiger partial charge in [-0.25, -0.2) is 4.98 Å². The highest BCUT2D eigenvalue weighted by atomic mass is 16.5. The van der Waals surface area contributed by atoms with Gasteiger partial charge < -0.3 is 30.0 Å². The van der Waals surface area contributed by atoms with E-state index in [0.717, 1.165) is 6.42 Å². The number of carbonyl (C=O) groups is 1. The Labute approximate surface area is 147 Å². The second kappa shape index (κ2) is 6.66. The number of likely N-dealkylation sites (tertiary alicyclic amines) is 1. The number of H-pyrrole nitrogens is 1. The van der Waals surface area contributed by atoms with Gasteiger partial charge in [0.15, 0.2) is 0 Å². The summed E-state index contributed by atoms with van der Waals surface area (Å²) in [6.07, 6.45) is 9.78. The Kier molecular flexibility index (Phi) is 4.05. The van der Waals surface area contributed by atoms with E-state index in [1.807, 2.05) is 18.2 Å². The number of ether oxygens (including phenoxy) is 1. The number of carbonyl (C=O) groups excluding carboxylic acids is 1. The number of fused-ring (bicyclic) bond motifs is 1. The van der Waals surface area contributed by atoms with E-state index in [0.29, 0.717) is 25.2 Å². The molecule has 132 valence electrons. The van der Waals surface area contributed by atoms with Crippen LogP contribution < -0.4 is 5.73 Å². The van der Waals surface area contributed by atoms with Crippen LogP contribution in [0.25, 0.3) is 0 Å². The number of hydrogen-bond acceptors (Lipinski definition) is 6. The van der Waals surface area contributed by atoms with Crippen molar-refractivity contribution < 1.29 is 20.6 Å². The number of hydrogen-bond donors (Lipinski definition) is 3. The van der Waals surface area contributed by atoms with Gasteiger partial charge in [-0.3, -0.25) is 4.79 Å².